The number of nitrogens with one attached hydrogen (secondary N) is 1. The van der Waals surface area contributed by atoms with Gasteiger partial charge in [-0.3, -0.25) is 9.89 Å². The third-order valence-corrected chi connectivity index (χ3v) is 2.87. The lowest BCUT2D eigenvalue weighted by Crippen LogP contribution is -2.19. The number of rotatable bonds is 2. The molecular formula is C7H7BrN2O2. The van der Waals surface area contributed by atoms with Crippen LogP contribution < -0.4 is 0 Å². The highest BCUT2D eigenvalue weighted by atomic mass is 79.9. The van der Waals surface area contributed by atoms with Crippen LogP contribution in [0.15, 0.2) is 10.8 Å². The van der Waals surface area contributed by atoms with E-state index in [1.807, 2.05) is 0 Å². The van der Waals surface area contributed by atoms with E-state index in [-0.39, 0.29) is 0 Å². The lowest BCUT2D eigenvalue weighted by molar-refractivity contribution is -0.140. The Bertz CT molecular complexity index is 330. The number of carboxylic acids is 1. The second-order valence-corrected chi connectivity index (χ2v) is 3.78. The van der Waals surface area contributed by atoms with Crippen LogP contribution in [0.1, 0.15) is 18.4 Å². The molecule has 0 bridgehead atoms. The summed E-state index contributed by atoms with van der Waals surface area (Å²) in [6.07, 6.45) is 2.99. The zero-order valence-electron chi connectivity index (χ0n) is 6.17. The standard InChI is InChI=1S/C7H7BrN2O2/c8-5-4(3-9-10-5)7(1-2-7)6(11)12/h3H,1-2H2,(H,9,10)(H,11,12). The Morgan fingerprint density at radius 2 is 2.42 bits per heavy atom. The summed E-state index contributed by atoms with van der Waals surface area (Å²) in [7, 11) is 0. The highest BCUT2D eigenvalue weighted by molar-refractivity contribution is 9.10. The summed E-state index contributed by atoms with van der Waals surface area (Å²) in [5.74, 6) is -0.760. The molecule has 0 unspecified atom stereocenters. The monoisotopic (exact) mass is 230 g/mol. The van der Waals surface area contributed by atoms with Crippen molar-refractivity contribution in [3.63, 3.8) is 0 Å². The van der Waals surface area contributed by atoms with Gasteiger partial charge < -0.3 is 5.11 Å². The van der Waals surface area contributed by atoms with E-state index in [1.165, 1.54) is 0 Å². The van der Waals surface area contributed by atoms with Gasteiger partial charge in [0, 0.05) is 5.56 Å². The van der Waals surface area contributed by atoms with E-state index in [0.717, 1.165) is 5.56 Å². The maximum absolute atomic E-state index is 10.9. The molecule has 1 saturated carbocycles. The summed E-state index contributed by atoms with van der Waals surface area (Å²) >= 11 is 3.23. The van der Waals surface area contributed by atoms with E-state index in [2.05, 4.69) is 26.1 Å². The molecule has 0 atom stereocenters. The number of nitrogens with zero attached hydrogens (tertiary/aromatic N) is 1. The minimum absolute atomic E-state index is 0.661. The quantitative estimate of drug-likeness (QED) is 0.805. The number of carboxylic acid groups (broad SMARTS) is 1. The van der Waals surface area contributed by atoms with Crippen molar-refractivity contribution in [3.8, 4) is 0 Å². The number of hydrogen-bond acceptors (Lipinski definition) is 2. The number of hydrogen-bond donors (Lipinski definition) is 2. The van der Waals surface area contributed by atoms with Gasteiger partial charge in [0.25, 0.3) is 0 Å². The minimum Gasteiger partial charge on any atom is -0.481 e. The van der Waals surface area contributed by atoms with Gasteiger partial charge in [0.05, 0.1) is 11.6 Å². The molecule has 0 aliphatic heterocycles. The third kappa shape index (κ3) is 0.891. The molecule has 0 aromatic carbocycles. The summed E-state index contributed by atoms with van der Waals surface area (Å²) in [5.41, 5.74) is 0.0984. The van der Waals surface area contributed by atoms with E-state index in [0.29, 0.717) is 17.4 Å². The molecule has 0 radical (unpaired) electrons. The summed E-state index contributed by atoms with van der Waals surface area (Å²) in [6, 6.07) is 0. The van der Waals surface area contributed by atoms with Gasteiger partial charge in [0.15, 0.2) is 0 Å². The minimum atomic E-state index is -0.760. The molecule has 0 spiro atoms. The van der Waals surface area contributed by atoms with Gasteiger partial charge in [-0.1, -0.05) is 0 Å². The maximum atomic E-state index is 10.9. The van der Waals surface area contributed by atoms with Crippen molar-refractivity contribution in [3.05, 3.63) is 16.4 Å². The van der Waals surface area contributed by atoms with Gasteiger partial charge in [-0.2, -0.15) is 5.10 Å². The van der Waals surface area contributed by atoms with Crippen LogP contribution in [0, 0.1) is 0 Å². The maximum Gasteiger partial charge on any atom is 0.314 e. The van der Waals surface area contributed by atoms with Crippen molar-refractivity contribution >= 4 is 21.9 Å². The highest BCUT2D eigenvalue weighted by Gasteiger charge is 2.53. The second kappa shape index (κ2) is 2.32. The zero-order chi connectivity index (χ0) is 8.77. The number of carbonyl (C=O) groups is 1. The van der Waals surface area contributed by atoms with Crippen LogP contribution in [0.4, 0.5) is 0 Å². The molecule has 2 N–H and O–H groups in total. The summed E-state index contributed by atoms with van der Waals surface area (Å²) in [4.78, 5) is 10.9. The molecule has 1 fully saturated rings. The van der Waals surface area contributed by atoms with Crippen LogP contribution in [0.5, 0.6) is 0 Å². The van der Waals surface area contributed by atoms with Crippen LogP contribution >= 0.6 is 15.9 Å². The summed E-state index contributed by atoms with van der Waals surface area (Å²) in [6.45, 7) is 0. The van der Waals surface area contributed by atoms with Crippen LogP contribution in [-0.4, -0.2) is 21.3 Å². The van der Waals surface area contributed by atoms with E-state index < -0.39 is 11.4 Å². The first kappa shape index (κ1) is 7.79. The Morgan fingerprint density at radius 3 is 2.75 bits per heavy atom. The number of aliphatic carboxylic acids is 1. The smallest absolute Gasteiger partial charge is 0.314 e. The molecule has 1 heterocycles. The Kier molecular flexibility index (Phi) is 1.51. The van der Waals surface area contributed by atoms with Crippen LogP contribution in [0.2, 0.25) is 0 Å². The normalized spacial score (nSPS) is 19.1. The van der Waals surface area contributed by atoms with E-state index in [4.69, 9.17) is 5.11 Å². The van der Waals surface area contributed by atoms with Crippen LogP contribution in [-0.2, 0) is 10.2 Å². The van der Waals surface area contributed by atoms with E-state index in [1.54, 1.807) is 6.20 Å². The van der Waals surface area contributed by atoms with Crippen LogP contribution in [0.3, 0.4) is 0 Å². The van der Waals surface area contributed by atoms with Gasteiger partial charge in [0.1, 0.15) is 4.60 Å². The predicted molar refractivity (Wildman–Crippen MR) is 44.8 cm³/mol. The lowest BCUT2D eigenvalue weighted by atomic mass is 10.0. The molecule has 1 aromatic rings. The lowest BCUT2D eigenvalue weighted by Gasteiger charge is -2.05. The fraction of sp³-hybridized carbons (Fsp3) is 0.429. The first-order valence-electron chi connectivity index (χ1n) is 3.59. The first-order valence-corrected chi connectivity index (χ1v) is 4.39. The Morgan fingerprint density at radius 1 is 1.75 bits per heavy atom. The van der Waals surface area contributed by atoms with Crippen molar-refractivity contribution in [2.24, 2.45) is 0 Å². The van der Waals surface area contributed by atoms with Gasteiger partial charge in [-0.15, -0.1) is 0 Å². The number of aromatic amines is 1. The number of halogens is 1. The molecule has 0 saturated heterocycles. The molecule has 0 amide bonds. The van der Waals surface area contributed by atoms with Gasteiger partial charge in [0.2, 0.25) is 0 Å². The molecule has 1 aliphatic rings. The summed E-state index contributed by atoms with van der Waals surface area (Å²) < 4.78 is 0.683. The van der Waals surface area contributed by atoms with Gasteiger partial charge in [-0.05, 0) is 28.8 Å². The van der Waals surface area contributed by atoms with Crippen molar-refractivity contribution in [2.75, 3.05) is 0 Å². The molecule has 4 nitrogen and oxygen atoms in total. The Balaban J connectivity index is 2.43. The Hall–Kier alpha value is -0.840. The van der Waals surface area contributed by atoms with Crippen molar-refractivity contribution in [1.82, 2.24) is 10.2 Å². The topological polar surface area (TPSA) is 66.0 Å². The average Bonchev–Trinajstić information content (AvgIpc) is 2.71. The van der Waals surface area contributed by atoms with E-state index >= 15 is 0 Å². The number of aromatic nitrogens is 2. The van der Waals surface area contributed by atoms with Crippen molar-refractivity contribution in [2.45, 2.75) is 18.3 Å². The average molecular weight is 231 g/mol. The molecule has 64 valence electrons. The van der Waals surface area contributed by atoms with Crippen LogP contribution in [0.25, 0.3) is 0 Å². The third-order valence-electron chi connectivity index (χ3n) is 2.27. The molecular weight excluding hydrogens is 224 g/mol. The molecule has 5 heteroatoms. The highest BCUT2D eigenvalue weighted by Crippen LogP contribution is 2.50. The molecule has 1 aliphatic carbocycles. The summed E-state index contributed by atoms with van der Waals surface area (Å²) in [5, 5.41) is 15.4. The fourth-order valence-electron chi connectivity index (χ4n) is 1.33. The van der Waals surface area contributed by atoms with E-state index in [9.17, 15) is 4.79 Å². The molecule has 12 heavy (non-hydrogen) atoms. The molecule has 1 aromatic heterocycles. The first-order chi connectivity index (χ1) is 5.67. The van der Waals surface area contributed by atoms with Gasteiger partial charge >= 0.3 is 5.97 Å². The number of H-pyrrole nitrogens is 1. The molecule has 2 rings (SSSR count). The predicted octanol–water partition coefficient (Wildman–Crippen LogP) is 1.29. The zero-order valence-corrected chi connectivity index (χ0v) is 7.76. The second-order valence-electron chi connectivity index (χ2n) is 2.98. The fourth-order valence-corrected chi connectivity index (χ4v) is 1.91. The largest absolute Gasteiger partial charge is 0.481 e. The Labute approximate surface area is 77.1 Å². The van der Waals surface area contributed by atoms with Gasteiger partial charge in [-0.25, -0.2) is 0 Å². The van der Waals surface area contributed by atoms with Crippen molar-refractivity contribution in [1.29, 1.82) is 0 Å². The van der Waals surface area contributed by atoms with Crippen molar-refractivity contribution < 1.29 is 9.90 Å². The SMILES string of the molecule is O=C(O)C1(c2cn[nH]c2Br)CC1.